The van der Waals surface area contributed by atoms with Gasteiger partial charge in [-0.05, 0) is 20.3 Å². The van der Waals surface area contributed by atoms with Gasteiger partial charge in [-0.15, -0.1) is 11.3 Å². The molecule has 5 nitrogen and oxygen atoms in total. The Bertz CT molecular complexity index is 512. The zero-order valence-electron chi connectivity index (χ0n) is 11.7. The van der Waals surface area contributed by atoms with Crippen molar-refractivity contribution in [1.29, 1.82) is 0 Å². The maximum Gasteiger partial charge on any atom is 0.251 e. The maximum absolute atomic E-state index is 12.3. The molecular formula is C13H19N3O2S. The van der Waals surface area contributed by atoms with Crippen molar-refractivity contribution >= 4 is 28.3 Å². The van der Waals surface area contributed by atoms with Crippen LogP contribution in [0.5, 0.6) is 0 Å². The standard InChI is InChI=1S/C13H19N3O2S/c1-8(2)10(17)16-6-5-13(16,4)11(18)15-12-14-7-9(3)19-12/h7-8H,5-6H2,1-4H3,(H,14,15,18). The Morgan fingerprint density at radius 2 is 2.21 bits per heavy atom. The molecule has 6 heteroatoms. The minimum atomic E-state index is -0.735. The summed E-state index contributed by atoms with van der Waals surface area (Å²) in [4.78, 5) is 31.2. The highest BCUT2D eigenvalue weighted by Gasteiger charge is 2.49. The Kier molecular flexibility index (Phi) is 3.62. The largest absolute Gasteiger partial charge is 0.328 e. The predicted octanol–water partition coefficient (Wildman–Crippen LogP) is 2.04. The Hall–Kier alpha value is -1.43. The second-order valence-corrected chi connectivity index (χ2v) is 6.63. The lowest BCUT2D eigenvalue weighted by molar-refractivity contribution is -0.157. The zero-order chi connectivity index (χ0) is 14.2. The van der Waals surface area contributed by atoms with Crippen LogP contribution in [0.25, 0.3) is 0 Å². The van der Waals surface area contributed by atoms with Gasteiger partial charge in [-0.25, -0.2) is 4.98 Å². The molecule has 1 fully saturated rings. The third kappa shape index (κ3) is 2.49. The number of likely N-dealkylation sites (tertiary alicyclic amines) is 1. The van der Waals surface area contributed by atoms with Crippen LogP contribution in [0.4, 0.5) is 5.13 Å². The van der Waals surface area contributed by atoms with Crippen molar-refractivity contribution in [2.24, 2.45) is 5.92 Å². The number of thiazole rings is 1. The second-order valence-electron chi connectivity index (χ2n) is 5.40. The van der Waals surface area contributed by atoms with Gasteiger partial charge in [0, 0.05) is 23.5 Å². The molecule has 2 heterocycles. The van der Waals surface area contributed by atoms with E-state index in [2.05, 4.69) is 10.3 Å². The number of aromatic nitrogens is 1. The van der Waals surface area contributed by atoms with Crippen molar-refractivity contribution in [3.8, 4) is 0 Å². The molecule has 104 valence electrons. The zero-order valence-corrected chi connectivity index (χ0v) is 12.5. The number of nitrogens with zero attached hydrogens (tertiary/aromatic N) is 2. The minimum absolute atomic E-state index is 0.0271. The van der Waals surface area contributed by atoms with Gasteiger partial charge in [-0.2, -0.15) is 0 Å². The molecule has 0 aromatic carbocycles. The highest BCUT2D eigenvalue weighted by atomic mass is 32.1. The smallest absolute Gasteiger partial charge is 0.251 e. The SMILES string of the molecule is Cc1cnc(NC(=O)C2(C)CCN2C(=O)C(C)C)s1. The van der Waals surface area contributed by atoms with E-state index in [1.165, 1.54) is 11.3 Å². The molecule has 0 saturated carbocycles. The first-order valence-electron chi connectivity index (χ1n) is 6.40. The summed E-state index contributed by atoms with van der Waals surface area (Å²) in [6, 6.07) is 0. The number of carbonyl (C=O) groups is 2. The van der Waals surface area contributed by atoms with Crippen LogP contribution in [-0.2, 0) is 9.59 Å². The molecule has 1 unspecified atom stereocenters. The molecule has 2 rings (SSSR count). The lowest BCUT2D eigenvalue weighted by Crippen LogP contribution is -2.66. The van der Waals surface area contributed by atoms with Gasteiger partial charge >= 0.3 is 0 Å². The van der Waals surface area contributed by atoms with E-state index in [4.69, 9.17) is 0 Å². The molecule has 0 bridgehead atoms. The first-order chi connectivity index (χ1) is 8.84. The number of anilines is 1. The molecule has 2 amide bonds. The number of amides is 2. The summed E-state index contributed by atoms with van der Waals surface area (Å²) in [6.45, 7) is 8.10. The fourth-order valence-corrected chi connectivity index (χ4v) is 2.76. The van der Waals surface area contributed by atoms with E-state index in [9.17, 15) is 9.59 Å². The van der Waals surface area contributed by atoms with Crippen LogP contribution in [0, 0.1) is 12.8 Å². The maximum atomic E-state index is 12.3. The van der Waals surface area contributed by atoms with Crippen molar-refractivity contribution in [2.45, 2.75) is 39.7 Å². The molecule has 0 spiro atoms. The first kappa shape index (κ1) is 14.0. The second kappa shape index (κ2) is 4.92. The van der Waals surface area contributed by atoms with Crippen LogP contribution >= 0.6 is 11.3 Å². The Balaban J connectivity index is 2.08. The summed E-state index contributed by atoms with van der Waals surface area (Å²) in [5, 5.41) is 3.39. The molecule has 1 aromatic rings. The first-order valence-corrected chi connectivity index (χ1v) is 7.21. The van der Waals surface area contributed by atoms with Gasteiger partial charge in [-0.3, -0.25) is 14.9 Å². The number of hydrogen-bond donors (Lipinski definition) is 1. The fraction of sp³-hybridized carbons (Fsp3) is 0.615. The normalized spacial score (nSPS) is 22.3. The van der Waals surface area contributed by atoms with Crippen molar-refractivity contribution in [2.75, 3.05) is 11.9 Å². The number of aryl methyl sites for hydroxylation is 1. The molecule has 1 saturated heterocycles. The van der Waals surface area contributed by atoms with E-state index in [1.54, 1.807) is 11.1 Å². The minimum Gasteiger partial charge on any atom is -0.328 e. The summed E-state index contributed by atoms with van der Waals surface area (Å²) in [5.74, 6) is -0.212. The van der Waals surface area contributed by atoms with Gasteiger partial charge in [0.25, 0.3) is 5.91 Å². The molecule has 0 aliphatic carbocycles. The monoisotopic (exact) mass is 281 g/mol. The number of nitrogens with one attached hydrogen (secondary N) is 1. The molecule has 0 radical (unpaired) electrons. The topological polar surface area (TPSA) is 62.3 Å². The molecule has 1 N–H and O–H groups in total. The van der Waals surface area contributed by atoms with Crippen LogP contribution < -0.4 is 5.32 Å². The van der Waals surface area contributed by atoms with Crippen molar-refractivity contribution in [3.05, 3.63) is 11.1 Å². The number of rotatable bonds is 3. The van der Waals surface area contributed by atoms with E-state index >= 15 is 0 Å². The lowest BCUT2D eigenvalue weighted by Gasteiger charge is -2.49. The highest BCUT2D eigenvalue weighted by molar-refractivity contribution is 7.15. The molecule has 1 aliphatic heterocycles. The van der Waals surface area contributed by atoms with Gasteiger partial charge in [0.15, 0.2) is 5.13 Å². The van der Waals surface area contributed by atoms with Gasteiger partial charge in [0.05, 0.1) is 0 Å². The molecule has 1 atom stereocenters. The van der Waals surface area contributed by atoms with Gasteiger partial charge < -0.3 is 4.90 Å². The van der Waals surface area contributed by atoms with Gasteiger partial charge in [0.1, 0.15) is 5.54 Å². The quantitative estimate of drug-likeness (QED) is 0.922. The van der Waals surface area contributed by atoms with Crippen LogP contribution in [-0.4, -0.2) is 33.8 Å². The van der Waals surface area contributed by atoms with Crippen LogP contribution in [0.1, 0.15) is 32.1 Å². The van der Waals surface area contributed by atoms with Gasteiger partial charge in [-0.1, -0.05) is 13.8 Å². The van der Waals surface area contributed by atoms with E-state index < -0.39 is 5.54 Å². The van der Waals surface area contributed by atoms with Crippen LogP contribution in [0.15, 0.2) is 6.20 Å². The van der Waals surface area contributed by atoms with Crippen molar-refractivity contribution in [3.63, 3.8) is 0 Å². The predicted molar refractivity (Wildman–Crippen MR) is 75.1 cm³/mol. The van der Waals surface area contributed by atoms with E-state index in [1.807, 2.05) is 27.7 Å². The molecule has 19 heavy (non-hydrogen) atoms. The third-order valence-corrected chi connectivity index (χ3v) is 4.34. The van der Waals surface area contributed by atoms with Crippen molar-refractivity contribution < 1.29 is 9.59 Å². The van der Waals surface area contributed by atoms with Crippen LogP contribution in [0.2, 0.25) is 0 Å². The van der Waals surface area contributed by atoms with E-state index in [-0.39, 0.29) is 17.7 Å². The summed E-state index contributed by atoms with van der Waals surface area (Å²) >= 11 is 1.44. The highest BCUT2D eigenvalue weighted by Crippen LogP contribution is 2.33. The van der Waals surface area contributed by atoms with Gasteiger partial charge in [0.2, 0.25) is 5.91 Å². The lowest BCUT2D eigenvalue weighted by atomic mass is 9.84. The number of carbonyl (C=O) groups excluding carboxylic acids is 2. The third-order valence-electron chi connectivity index (χ3n) is 3.51. The molecule has 1 aromatic heterocycles. The number of hydrogen-bond acceptors (Lipinski definition) is 4. The van der Waals surface area contributed by atoms with Crippen LogP contribution in [0.3, 0.4) is 0 Å². The average molecular weight is 281 g/mol. The molecule has 1 aliphatic rings. The Labute approximate surface area is 117 Å². The summed E-state index contributed by atoms with van der Waals surface area (Å²) in [5.41, 5.74) is -0.735. The fourth-order valence-electron chi connectivity index (χ4n) is 2.10. The summed E-state index contributed by atoms with van der Waals surface area (Å²) in [6.07, 6.45) is 2.42. The average Bonchev–Trinajstić information content (AvgIpc) is 2.72. The van der Waals surface area contributed by atoms with E-state index in [0.717, 1.165) is 4.88 Å². The molecular weight excluding hydrogens is 262 g/mol. The van der Waals surface area contributed by atoms with E-state index in [0.29, 0.717) is 18.1 Å². The summed E-state index contributed by atoms with van der Waals surface area (Å²) in [7, 11) is 0. The van der Waals surface area contributed by atoms with Crippen molar-refractivity contribution in [1.82, 2.24) is 9.88 Å². The summed E-state index contributed by atoms with van der Waals surface area (Å²) < 4.78 is 0. The Morgan fingerprint density at radius 3 is 2.63 bits per heavy atom. The Morgan fingerprint density at radius 1 is 1.53 bits per heavy atom.